The Bertz CT molecular complexity index is 681. The number of aliphatic carboxylic acids is 1. The third-order valence-corrected chi connectivity index (χ3v) is 4.41. The van der Waals surface area contributed by atoms with E-state index in [1.165, 1.54) is 22.3 Å². The van der Waals surface area contributed by atoms with E-state index in [-0.39, 0.29) is 5.92 Å². The van der Waals surface area contributed by atoms with Gasteiger partial charge < -0.3 is 5.11 Å². The molecule has 0 aliphatic carbocycles. The number of rotatable bonds is 4. The summed E-state index contributed by atoms with van der Waals surface area (Å²) >= 11 is 0. The first-order chi connectivity index (χ1) is 10.6. The number of carboxylic acids is 1. The van der Waals surface area contributed by atoms with Crippen LogP contribution in [0.2, 0.25) is 0 Å². The summed E-state index contributed by atoms with van der Waals surface area (Å²) < 4.78 is 0. The highest BCUT2D eigenvalue weighted by Crippen LogP contribution is 2.25. The van der Waals surface area contributed by atoms with Crippen molar-refractivity contribution in [3.8, 4) is 11.1 Å². The first-order valence-electron chi connectivity index (χ1n) is 7.73. The Balaban J connectivity index is 1.75. The zero-order valence-electron chi connectivity index (χ0n) is 12.8. The average molecular weight is 295 g/mol. The van der Waals surface area contributed by atoms with Gasteiger partial charge in [-0.25, -0.2) is 0 Å². The topological polar surface area (TPSA) is 40.5 Å². The summed E-state index contributed by atoms with van der Waals surface area (Å²) in [5, 5.41) is 9.09. The summed E-state index contributed by atoms with van der Waals surface area (Å²) in [7, 11) is 0. The van der Waals surface area contributed by atoms with Crippen molar-refractivity contribution in [1.29, 1.82) is 0 Å². The fourth-order valence-electron chi connectivity index (χ4n) is 3.17. The second-order valence-electron chi connectivity index (χ2n) is 6.07. The van der Waals surface area contributed by atoms with Crippen LogP contribution in [0.1, 0.15) is 17.5 Å². The number of likely N-dealkylation sites (tertiary alicyclic amines) is 1. The van der Waals surface area contributed by atoms with Gasteiger partial charge in [0.25, 0.3) is 0 Å². The van der Waals surface area contributed by atoms with Crippen LogP contribution in [0.25, 0.3) is 11.1 Å². The molecule has 0 saturated carbocycles. The third-order valence-electron chi connectivity index (χ3n) is 4.41. The van der Waals surface area contributed by atoms with Crippen molar-refractivity contribution in [2.24, 2.45) is 5.92 Å². The minimum absolute atomic E-state index is 0.209. The standard InChI is InChI=1S/C19H21NO2/c1-14-5-2-3-8-18(14)16-7-4-6-15(11-16)12-20-10-9-17(13-20)19(21)22/h2-8,11,17H,9-10,12-13H2,1H3,(H,21,22). The molecule has 1 unspecified atom stereocenters. The third kappa shape index (κ3) is 3.20. The normalized spacial score (nSPS) is 18.5. The van der Waals surface area contributed by atoms with Gasteiger partial charge in [0.2, 0.25) is 0 Å². The highest BCUT2D eigenvalue weighted by Gasteiger charge is 2.27. The van der Waals surface area contributed by atoms with Crippen molar-refractivity contribution in [1.82, 2.24) is 4.90 Å². The zero-order valence-corrected chi connectivity index (χ0v) is 12.8. The van der Waals surface area contributed by atoms with E-state index in [9.17, 15) is 4.79 Å². The molecule has 0 bridgehead atoms. The van der Waals surface area contributed by atoms with Crippen molar-refractivity contribution in [2.45, 2.75) is 19.9 Å². The molecule has 1 fully saturated rings. The molecular formula is C19H21NO2. The van der Waals surface area contributed by atoms with E-state index >= 15 is 0 Å². The van der Waals surface area contributed by atoms with Gasteiger partial charge in [0.1, 0.15) is 0 Å². The average Bonchev–Trinajstić information content (AvgIpc) is 2.97. The molecule has 3 rings (SSSR count). The molecule has 0 spiro atoms. The Hall–Kier alpha value is -2.13. The molecule has 0 radical (unpaired) electrons. The van der Waals surface area contributed by atoms with Crippen molar-refractivity contribution in [3.63, 3.8) is 0 Å². The Morgan fingerprint density at radius 1 is 1.23 bits per heavy atom. The monoisotopic (exact) mass is 295 g/mol. The van der Waals surface area contributed by atoms with Gasteiger partial charge in [0, 0.05) is 13.1 Å². The summed E-state index contributed by atoms with van der Waals surface area (Å²) in [6.07, 6.45) is 0.757. The van der Waals surface area contributed by atoms with Crippen LogP contribution in [0.15, 0.2) is 48.5 Å². The van der Waals surface area contributed by atoms with Crippen molar-refractivity contribution in [2.75, 3.05) is 13.1 Å². The number of hydrogen-bond acceptors (Lipinski definition) is 2. The first kappa shape index (κ1) is 14.8. The van der Waals surface area contributed by atoms with Crippen LogP contribution < -0.4 is 0 Å². The number of carbonyl (C=O) groups is 1. The number of hydrogen-bond donors (Lipinski definition) is 1. The van der Waals surface area contributed by atoms with Gasteiger partial charge in [-0.15, -0.1) is 0 Å². The second kappa shape index (κ2) is 6.32. The molecule has 1 aliphatic heterocycles. The van der Waals surface area contributed by atoms with Gasteiger partial charge in [-0.1, -0.05) is 42.5 Å². The highest BCUT2D eigenvalue weighted by atomic mass is 16.4. The summed E-state index contributed by atoms with van der Waals surface area (Å²) in [6, 6.07) is 16.9. The summed E-state index contributed by atoms with van der Waals surface area (Å²) in [6.45, 7) is 4.47. The molecule has 3 heteroatoms. The molecule has 3 nitrogen and oxygen atoms in total. The van der Waals surface area contributed by atoms with E-state index in [0.29, 0.717) is 6.54 Å². The van der Waals surface area contributed by atoms with Gasteiger partial charge >= 0.3 is 5.97 Å². The maximum atomic E-state index is 11.0. The fraction of sp³-hybridized carbons (Fsp3) is 0.316. The molecule has 22 heavy (non-hydrogen) atoms. The van der Waals surface area contributed by atoms with Crippen LogP contribution in [0.5, 0.6) is 0 Å². The van der Waals surface area contributed by atoms with Crippen molar-refractivity contribution >= 4 is 5.97 Å². The van der Waals surface area contributed by atoms with E-state index < -0.39 is 5.97 Å². The number of carboxylic acid groups (broad SMARTS) is 1. The molecule has 1 N–H and O–H groups in total. The predicted octanol–water partition coefficient (Wildman–Crippen LogP) is 3.57. The van der Waals surface area contributed by atoms with Crippen LogP contribution in [0.4, 0.5) is 0 Å². The van der Waals surface area contributed by atoms with E-state index in [4.69, 9.17) is 5.11 Å². The smallest absolute Gasteiger partial charge is 0.307 e. The Labute approximate surface area is 131 Å². The van der Waals surface area contributed by atoms with Gasteiger partial charge in [0.15, 0.2) is 0 Å². The Morgan fingerprint density at radius 3 is 2.77 bits per heavy atom. The lowest BCUT2D eigenvalue weighted by Crippen LogP contribution is -2.22. The lowest BCUT2D eigenvalue weighted by Gasteiger charge is -2.16. The quantitative estimate of drug-likeness (QED) is 0.937. The zero-order chi connectivity index (χ0) is 15.5. The van der Waals surface area contributed by atoms with Crippen LogP contribution >= 0.6 is 0 Å². The number of aryl methyl sites for hydroxylation is 1. The van der Waals surface area contributed by atoms with E-state index in [0.717, 1.165) is 19.5 Å². The molecule has 114 valence electrons. The molecule has 1 heterocycles. The molecule has 1 saturated heterocycles. The lowest BCUT2D eigenvalue weighted by molar-refractivity contribution is -0.141. The van der Waals surface area contributed by atoms with E-state index in [1.807, 2.05) is 0 Å². The summed E-state index contributed by atoms with van der Waals surface area (Å²) in [5.41, 5.74) is 5.00. The molecule has 1 aliphatic rings. The minimum atomic E-state index is -0.670. The number of benzene rings is 2. The molecule has 2 aromatic rings. The van der Waals surface area contributed by atoms with E-state index in [2.05, 4.69) is 60.4 Å². The minimum Gasteiger partial charge on any atom is -0.481 e. The van der Waals surface area contributed by atoms with Crippen molar-refractivity contribution < 1.29 is 9.90 Å². The number of nitrogens with zero attached hydrogens (tertiary/aromatic N) is 1. The fourth-order valence-corrected chi connectivity index (χ4v) is 3.17. The summed E-state index contributed by atoms with van der Waals surface area (Å²) in [5.74, 6) is -0.879. The first-order valence-corrected chi connectivity index (χ1v) is 7.73. The molecule has 0 aromatic heterocycles. The van der Waals surface area contributed by atoms with Gasteiger partial charge in [0.05, 0.1) is 5.92 Å². The molecule has 0 amide bonds. The molecule has 2 aromatic carbocycles. The van der Waals surface area contributed by atoms with Gasteiger partial charge in [-0.2, -0.15) is 0 Å². The Morgan fingerprint density at radius 2 is 2.05 bits per heavy atom. The van der Waals surface area contributed by atoms with Crippen LogP contribution in [-0.2, 0) is 11.3 Å². The van der Waals surface area contributed by atoms with Crippen LogP contribution in [0, 0.1) is 12.8 Å². The highest BCUT2D eigenvalue weighted by molar-refractivity contribution is 5.70. The largest absolute Gasteiger partial charge is 0.481 e. The lowest BCUT2D eigenvalue weighted by atomic mass is 9.99. The maximum Gasteiger partial charge on any atom is 0.307 e. The summed E-state index contributed by atoms with van der Waals surface area (Å²) in [4.78, 5) is 13.3. The SMILES string of the molecule is Cc1ccccc1-c1cccc(CN2CCC(C(=O)O)C2)c1. The molecule has 1 atom stereocenters. The molecular weight excluding hydrogens is 274 g/mol. The van der Waals surface area contributed by atoms with E-state index in [1.54, 1.807) is 0 Å². The van der Waals surface area contributed by atoms with Crippen molar-refractivity contribution in [3.05, 3.63) is 59.7 Å². The van der Waals surface area contributed by atoms with Crippen LogP contribution in [0.3, 0.4) is 0 Å². The second-order valence-corrected chi connectivity index (χ2v) is 6.07. The Kier molecular flexibility index (Phi) is 4.25. The van der Waals surface area contributed by atoms with Gasteiger partial charge in [-0.05, 0) is 48.2 Å². The van der Waals surface area contributed by atoms with Crippen LogP contribution in [-0.4, -0.2) is 29.1 Å². The predicted molar refractivity (Wildman–Crippen MR) is 87.6 cm³/mol. The maximum absolute atomic E-state index is 11.0. The van der Waals surface area contributed by atoms with Gasteiger partial charge in [-0.3, -0.25) is 9.69 Å².